The molecule has 1 aromatic rings. The molecule has 3 N–H and O–H groups in total. The fraction of sp³-hybridized carbons (Fsp3) is 0.455. The third-order valence-corrected chi connectivity index (χ3v) is 2.58. The molecule has 0 saturated heterocycles. The first-order valence-corrected chi connectivity index (χ1v) is 5.11. The zero-order valence-corrected chi connectivity index (χ0v) is 9.34. The van der Waals surface area contributed by atoms with Crippen molar-refractivity contribution < 1.29 is 15.0 Å². The largest absolute Gasteiger partial charge is 0.478 e. The van der Waals surface area contributed by atoms with Crippen molar-refractivity contribution in [2.24, 2.45) is 5.92 Å². The summed E-state index contributed by atoms with van der Waals surface area (Å²) >= 11 is 0. The summed E-state index contributed by atoms with van der Waals surface area (Å²) in [4.78, 5) is 14.8. The van der Waals surface area contributed by atoms with Gasteiger partial charge in [-0.15, -0.1) is 0 Å². The molecule has 1 aromatic heterocycles. The van der Waals surface area contributed by atoms with E-state index in [0.717, 1.165) is 0 Å². The summed E-state index contributed by atoms with van der Waals surface area (Å²) in [5, 5.41) is 21.0. The minimum Gasteiger partial charge on any atom is -0.478 e. The maximum atomic E-state index is 10.9. The number of anilines is 1. The van der Waals surface area contributed by atoms with E-state index in [1.807, 2.05) is 13.8 Å². The third-order valence-electron chi connectivity index (χ3n) is 2.58. The van der Waals surface area contributed by atoms with E-state index in [-0.39, 0.29) is 24.1 Å². The van der Waals surface area contributed by atoms with Gasteiger partial charge in [0.25, 0.3) is 0 Å². The zero-order valence-electron chi connectivity index (χ0n) is 9.34. The summed E-state index contributed by atoms with van der Waals surface area (Å²) < 4.78 is 0. The Balaban J connectivity index is 2.84. The van der Waals surface area contributed by atoms with Crippen LogP contribution in [0.15, 0.2) is 18.5 Å². The predicted octanol–water partition coefficient (Wildman–Crippen LogP) is 1.21. The van der Waals surface area contributed by atoms with Crippen LogP contribution in [0.4, 0.5) is 5.69 Å². The van der Waals surface area contributed by atoms with Gasteiger partial charge in [0.15, 0.2) is 0 Å². The molecule has 0 aliphatic rings. The lowest BCUT2D eigenvalue weighted by Gasteiger charge is -2.21. The van der Waals surface area contributed by atoms with Crippen molar-refractivity contribution in [3.63, 3.8) is 0 Å². The fourth-order valence-corrected chi connectivity index (χ4v) is 1.24. The van der Waals surface area contributed by atoms with E-state index >= 15 is 0 Å². The van der Waals surface area contributed by atoms with Crippen LogP contribution < -0.4 is 5.32 Å². The Morgan fingerprint density at radius 1 is 1.56 bits per heavy atom. The number of aromatic nitrogens is 1. The van der Waals surface area contributed by atoms with Gasteiger partial charge >= 0.3 is 5.97 Å². The molecule has 1 rings (SSSR count). The number of rotatable bonds is 5. The number of carbonyl (C=O) groups is 1. The zero-order chi connectivity index (χ0) is 12.1. The highest BCUT2D eigenvalue weighted by Gasteiger charge is 2.15. The molecule has 2 unspecified atom stereocenters. The number of aliphatic hydroxyl groups is 1. The first kappa shape index (κ1) is 12.4. The lowest BCUT2D eigenvalue weighted by Crippen LogP contribution is -2.27. The van der Waals surface area contributed by atoms with Gasteiger partial charge < -0.3 is 15.5 Å². The molecule has 0 bridgehead atoms. The van der Waals surface area contributed by atoms with Gasteiger partial charge in [0.05, 0.1) is 17.4 Å². The minimum atomic E-state index is -0.992. The van der Waals surface area contributed by atoms with Gasteiger partial charge in [-0.2, -0.15) is 0 Å². The molecule has 0 aliphatic carbocycles. The Kier molecular flexibility index (Phi) is 4.25. The molecule has 0 amide bonds. The number of nitrogens with zero attached hydrogens (tertiary/aromatic N) is 1. The lowest BCUT2D eigenvalue weighted by atomic mass is 10.0. The number of aliphatic hydroxyl groups excluding tert-OH is 1. The van der Waals surface area contributed by atoms with Crippen LogP contribution in [0, 0.1) is 5.92 Å². The summed E-state index contributed by atoms with van der Waals surface area (Å²) in [5.74, 6) is -0.949. The van der Waals surface area contributed by atoms with Crippen LogP contribution in [0.1, 0.15) is 24.2 Å². The average molecular weight is 224 g/mol. The summed E-state index contributed by atoms with van der Waals surface area (Å²) in [6, 6.07) is 1.42. The van der Waals surface area contributed by atoms with E-state index in [9.17, 15) is 4.79 Å². The van der Waals surface area contributed by atoms with E-state index in [2.05, 4.69) is 10.3 Å². The number of pyridine rings is 1. The van der Waals surface area contributed by atoms with Gasteiger partial charge in [0.1, 0.15) is 0 Å². The number of hydrogen-bond donors (Lipinski definition) is 3. The highest BCUT2D eigenvalue weighted by Crippen LogP contribution is 2.16. The van der Waals surface area contributed by atoms with Crippen molar-refractivity contribution in [2.45, 2.75) is 19.9 Å². The van der Waals surface area contributed by atoms with Gasteiger partial charge in [-0.3, -0.25) is 4.98 Å². The smallest absolute Gasteiger partial charge is 0.337 e. The molecule has 0 spiro atoms. The van der Waals surface area contributed by atoms with E-state index in [1.165, 1.54) is 18.5 Å². The van der Waals surface area contributed by atoms with Gasteiger partial charge in [0.2, 0.25) is 0 Å². The van der Waals surface area contributed by atoms with E-state index in [4.69, 9.17) is 10.2 Å². The second kappa shape index (κ2) is 5.46. The summed E-state index contributed by atoms with van der Waals surface area (Å²) in [5.41, 5.74) is 0.662. The third kappa shape index (κ3) is 2.93. The first-order chi connectivity index (χ1) is 7.56. The lowest BCUT2D eigenvalue weighted by molar-refractivity contribution is 0.0697. The van der Waals surface area contributed by atoms with Crippen LogP contribution in [0.3, 0.4) is 0 Å². The quantitative estimate of drug-likeness (QED) is 0.700. The Morgan fingerprint density at radius 3 is 2.81 bits per heavy atom. The molecule has 0 fully saturated rings. The normalized spacial score (nSPS) is 14.2. The Labute approximate surface area is 94.1 Å². The van der Waals surface area contributed by atoms with Crippen LogP contribution in [0.5, 0.6) is 0 Å². The molecule has 5 heteroatoms. The monoisotopic (exact) mass is 224 g/mol. The second-order valence-electron chi connectivity index (χ2n) is 3.82. The number of nitrogens with one attached hydrogen (secondary N) is 1. The van der Waals surface area contributed by atoms with Gasteiger partial charge in [-0.1, -0.05) is 6.92 Å². The average Bonchev–Trinajstić information content (AvgIpc) is 2.28. The number of hydrogen-bond acceptors (Lipinski definition) is 4. The topological polar surface area (TPSA) is 82.5 Å². The molecule has 2 atom stereocenters. The van der Waals surface area contributed by atoms with Crippen LogP contribution in [-0.4, -0.2) is 33.8 Å². The molecule has 0 aromatic carbocycles. The van der Waals surface area contributed by atoms with Crippen molar-refractivity contribution in [3.8, 4) is 0 Å². The minimum absolute atomic E-state index is 0.0210. The molecule has 0 saturated carbocycles. The molecule has 1 heterocycles. The summed E-state index contributed by atoms with van der Waals surface area (Å²) in [6.07, 6.45) is 2.92. The second-order valence-corrected chi connectivity index (χ2v) is 3.82. The molecule has 0 aliphatic heterocycles. The van der Waals surface area contributed by atoms with Crippen molar-refractivity contribution >= 4 is 11.7 Å². The van der Waals surface area contributed by atoms with Crippen LogP contribution in [0.2, 0.25) is 0 Å². The molecule has 0 radical (unpaired) electrons. The fourth-order valence-electron chi connectivity index (χ4n) is 1.24. The Bertz CT molecular complexity index is 368. The van der Waals surface area contributed by atoms with E-state index in [0.29, 0.717) is 5.69 Å². The van der Waals surface area contributed by atoms with Crippen molar-refractivity contribution in [1.82, 2.24) is 4.98 Å². The SMILES string of the molecule is CC(CO)C(C)Nc1cnccc1C(=O)O. The van der Waals surface area contributed by atoms with E-state index in [1.54, 1.807) is 0 Å². The molecular weight excluding hydrogens is 208 g/mol. The number of carboxylic acids is 1. The van der Waals surface area contributed by atoms with Crippen LogP contribution >= 0.6 is 0 Å². The van der Waals surface area contributed by atoms with Crippen molar-refractivity contribution in [1.29, 1.82) is 0 Å². The van der Waals surface area contributed by atoms with Crippen LogP contribution in [0.25, 0.3) is 0 Å². The summed E-state index contributed by atoms with van der Waals surface area (Å²) in [6.45, 7) is 3.82. The maximum Gasteiger partial charge on any atom is 0.337 e. The molecule has 88 valence electrons. The molecular formula is C11H16N2O3. The Morgan fingerprint density at radius 2 is 2.25 bits per heavy atom. The highest BCUT2D eigenvalue weighted by molar-refractivity contribution is 5.93. The standard InChI is InChI=1S/C11H16N2O3/c1-7(6-14)8(2)13-10-5-12-4-3-9(10)11(15)16/h3-5,7-8,13-14H,6H2,1-2H3,(H,15,16). The van der Waals surface area contributed by atoms with Crippen molar-refractivity contribution in [3.05, 3.63) is 24.0 Å². The first-order valence-electron chi connectivity index (χ1n) is 5.11. The molecule has 5 nitrogen and oxygen atoms in total. The van der Waals surface area contributed by atoms with Crippen LogP contribution in [-0.2, 0) is 0 Å². The number of carboxylic acid groups (broad SMARTS) is 1. The van der Waals surface area contributed by atoms with Crippen molar-refractivity contribution in [2.75, 3.05) is 11.9 Å². The summed E-state index contributed by atoms with van der Waals surface area (Å²) in [7, 11) is 0. The maximum absolute atomic E-state index is 10.9. The van der Waals surface area contributed by atoms with Gasteiger partial charge in [0, 0.05) is 18.8 Å². The number of aromatic carboxylic acids is 1. The molecule has 16 heavy (non-hydrogen) atoms. The van der Waals surface area contributed by atoms with Gasteiger partial charge in [-0.25, -0.2) is 4.79 Å². The predicted molar refractivity (Wildman–Crippen MR) is 60.5 cm³/mol. The van der Waals surface area contributed by atoms with E-state index < -0.39 is 5.97 Å². The van der Waals surface area contributed by atoms with Gasteiger partial charge in [-0.05, 0) is 18.9 Å². The highest BCUT2D eigenvalue weighted by atomic mass is 16.4. The Hall–Kier alpha value is -1.62.